The molecule has 4 rings (SSSR count). The molecule has 1 aliphatic carbocycles. The molecule has 3 heterocycles. The zero-order valence-corrected chi connectivity index (χ0v) is 13.4. The highest BCUT2D eigenvalue weighted by molar-refractivity contribution is 7.89. The van der Waals surface area contributed by atoms with Crippen LogP contribution in [0, 0.1) is 0 Å². The highest BCUT2D eigenvalue weighted by Gasteiger charge is 2.39. The lowest BCUT2D eigenvalue weighted by atomic mass is 10.3. The van der Waals surface area contributed by atoms with Gasteiger partial charge in [0.1, 0.15) is 11.2 Å². The topological polar surface area (TPSA) is 102 Å². The lowest BCUT2D eigenvalue weighted by Crippen LogP contribution is -2.33. The lowest BCUT2D eigenvalue weighted by Gasteiger charge is -2.19. The molecule has 3 aromatic heterocycles. The maximum atomic E-state index is 12.8. The van der Waals surface area contributed by atoms with Gasteiger partial charge in [-0.15, -0.1) is 0 Å². The van der Waals surface area contributed by atoms with E-state index in [1.165, 1.54) is 35.3 Å². The average Bonchev–Trinajstić information content (AvgIpc) is 3.10. The van der Waals surface area contributed by atoms with E-state index in [9.17, 15) is 8.42 Å². The number of pyridine rings is 1. The summed E-state index contributed by atoms with van der Waals surface area (Å²) in [6.07, 6.45) is 7.53. The second-order valence-electron chi connectivity index (χ2n) is 5.50. The fraction of sp³-hybridized carbons (Fsp3) is 0.267. The quantitative estimate of drug-likeness (QED) is 0.673. The number of aromatic nitrogens is 3. The number of rotatable bonds is 6. The van der Waals surface area contributed by atoms with Gasteiger partial charge < -0.3 is 8.94 Å². The molecule has 0 aliphatic heterocycles. The molecule has 0 atom stereocenters. The van der Waals surface area contributed by atoms with Gasteiger partial charge in [-0.05, 0) is 31.0 Å². The monoisotopic (exact) mass is 346 g/mol. The fourth-order valence-electron chi connectivity index (χ4n) is 2.37. The van der Waals surface area contributed by atoms with Crippen molar-refractivity contribution in [1.82, 2.24) is 19.4 Å². The number of furan rings is 1. The van der Waals surface area contributed by atoms with E-state index in [0.717, 1.165) is 12.8 Å². The smallest absolute Gasteiger partial charge is 0.261 e. The molecule has 0 amide bonds. The van der Waals surface area contributed by atoms with Crippen LogP contribution in [0.4, 0.5) is 0 Å². The van der Waals surface area contributed by atoms with Gasteiger partial charge in [-0.3, -0.25) is 4.98 Å². The Kier molecular flexibility index (Phi) is 3.66. The van der Waals surface area contributed by atoms with Crippen molar-refractivity contribution in [2.45, 2.75) is 30.3 Å². The van der Waals surface area contributed by atoms with Gasteiger partial charge in [-0.25, -0.2) is 8.42 Å². The van der Waals surface area contributed by atoms with Gasteiger partial charge in [-0.2, -0.15) is 9.29 Å². The summed E-state index contributed by atoms with van der Waals surface area (Å²) in [5.41, 5.74) is 0.654. The molecule has 0 bridgehead atoms. The number of sulfonamides is 1. The van der Waals surface area contributed by atoms with Crippen LogP contribution in [0.15, 0.2) is 57.0 Å². The number of hydrogen-bond acceptors (Lipinski definition) is 7. The Morgan fingerprint density at radius 1 is 1.29 bits per heavy atom. The molecular formula is C15H14N4O4S. The minimum Gasteiger partial charge on any atom is -0.472 e. The van der Waals surface area contributed by atoms with Crippen LogP contribution in [0.25, 0.3) is 11.5 Å². The van der Waals surface area contributed by atoms with Crippen LogP contribution >= 0.6 is 0 Å². The van der Waals surface area contributed by atoms with Crippen LogP contribution < -0.4 is 0 Å². The van der Waals surface area contributed by atoms with Gasteiger partial charge in [0.05, 0.1) is 18.4 Å². The summed E-state index contributed by atoms with van der Waals surface area (Å²) in [6, 6.07) is 4.79. The van der Waals surface area contributed by atoms with Gasteiger partial charge in [-0.1, -0.05) is 5.16 Å². The Morgan fingerprint density at radius 2 is 2.17 bits per heavy atom. The summed E-state index contributed by atoms with van der Waals surface area (Å²) in [5, 5.41) is 3.88. The van der Waals surface area contributed by atoms with Crippen molar-refractivity contribution in [2.75, 3.05) is 0 Å². The Morgan fingerprint density at radius 3 is 2.83 bits per heavy atom. The lowest BCUT2D eigenvalue weighted by molar-refractivity contribution is 0.369. The van der Waals surface area contributed by atoms with Gasteiger partial charge in [0.25, 0.3) is 5.89 Å². The molecule has 1 fully saturated rings. The van der Waals surface area contributed by atoms with Crippen LogP contribution in [-0.4, -0.2) is 33.9 Å². The SMILES string of the molecule is O=S(=O)(c1cccnc1)N(Cc1noc(-c2ccoc2)n1)C1CC1. The van der Waals surface area contributed by atoms with Crippen molar-refractivity contribution >= 4 is 10.0 Å². The minimum atomic E-state index is -3.65. The third-order valence-electron chi connectivity index (χ3n) is 3.73. The highest BCUT2D eigenvalue weighted by atomic mass is 32.2. The van der Waals surface area contributed by atoms with Crippen molar-refractivity contribution in [2.24, 2.45) is 0 Å². The average molecular weight is 346 g/mol. The summed E-state index contributed by atoms with van der Waals surface area (Å²) in [7, 11) is -3.65. The van der Waals surface area contributed by atoms with E-state index >= 15 is 0 Å². The number of hydrogen-bond donors (Lipinski definition) is 0. The summed E-state index contributed by atoms with van der Waals surface area (Å²) in [6.45, 7) is 0.0588. The van der Waals surface area contributed by atoms with Crippen LogP contribution in [0.2, 0.25) is 0 Å². The first-order valence-electron chi connectivity index (χ1n) is 7.41. The predicted molar refractivity (Wildman–Crippen MR) is 82.0 cm³/mol. The van der Waals surface area contributed by atoms with Gasteiger partial charge in [0.2, 0.25) is 10.0 Å². The molecular weight excluding hydrogens is 332 g/mol. The Bertz CT molecular complexity index is 918. The second kappa shape index (κ2) is 5.84. The van der Waals surface area contributed by atoms with Gasteiger partial charge in [0, 0.05) is 18.4 Å². The largest absolute Gasteiger partial charge is 0.472 e. The number of nitrogens with zero attached hydrogens (tertiary/aromatic N) is 4. The molecule has 0 unspecified atom stereocenters. The minimum absolute atomic E-state index is 0.0360. The van der Waals surface area contributed by atoms with Crippen molar-refractivity contribution in [3.63, 3.8) is 0 Å². The standard InChI is InChI=1S/C15H14N4O4S/c20-24(21,13-2-1-6-16-8-13)19(12-3-4-12)9-14-17-15(23-18-14)11-5-7-22-10-11/h1-2,5-8,10,12H,3-4,9H2. The van der Waals surface area contributed by atoms with Crippen molar-refractivity contribution in [3.8, 4) is 11.5 Å². The molecule has 0 aromatic carbocycles. The molecule has 0 N–H and O–H groups in total. The van der Waals surface area contributed by atoms with Crippen LogP contribution in [-0.2, 0) is 16.6 Å². The molecule has 3 aromatic rings. The van der Waals surface area contributed by atoms with Gasteiger partial charge in [0.15, 0.2) is 5.82 Å². The third-order valence-corrected chi connectivity index (χ3v) is 5.61. The summed E-state index contributed by atoms with van der Waals surface area (Å²) < 4.78 is 37.2. The Hall–Kier alpha value is -2.52. The van der Waals surface area contributed by atoms with Crippen LogP contribution in [0.1, 0.15) is 18.7 Å². The second-order valence-corrected chi connectivity index (χ2v) is 7.39. The van der Waals surface area contributed by atoms with Crippen molar-refractivity contribution in [3.05, 3.63) is 48.9 Å². The van der Waals surface area contributed by atoms with Crippen molar-refractivity contribution in [1.29, 1.82) is 0 Å². The molecule has 124 valence electrons. The van der Waals surface area contributed by atoms with E-state index in [2.05, 4.69) is 15.1 Å². The van der Waals surface area contributed by atoms with E-state index in [1.807, 2.05) is 0 Å². The maximum Gasteiger partial charge on any atom is 0.261 e. The van der Waals surface area contributed by atoms with E-state index in [1.54, 1.807) is 12.1 Å². The molecule has 0 radical (unpaired) electrons. The zero-order chi connectivity index (χ0) is 16.6. The van der Waals surface area contributed by atoms with E-state index in [-0.39, 0.29) is 17.5 Å². The molecule has 24 heavy (non-hydrogen) atoms. The summed E-state index contributed by atoms with van der Waals surface area (Å²) in [5.74, 6) is 0.610. The molecule has 1 saturated carbocycles. The van der Waals surface area contributed by atoms with Crippen LogP contribution in [0.3, 0.4) is 0 Å². The van der Waals surface area contributed by atoms with Gasteiger partial charge >= 0.3 is 0 Å². The molecule has 0 spiro atoms. The Balaban J connectivity index is 1.61. The first-order valence-corrected chi connectivity index (χ1v) is 8.85. The van der Waals surface area contributed by atoms with E-state index < -0.39 is 10.0 Å². The van der Waals surface area contributed by atoms with Crippen molar-refractivity contribution < 1.29 is 17.4 Å². The Labute approximate surface area is 138 Å². The fourth-order valence-corrected chi connectivity index (χ4v) is 3.97. The zero-order valence-electron chi connectivity index (χ0n) is 12.6. The summed E-state index contributed by atoms with van der Waals surface area (Å²) >= 11 is 0. The summed E-state index contributed by atoms with van der Waals surface area (Å²) in [4.78, 5) is 8.30. The normalized spacial score (nSPS) is 15.0. The van der Waals surface area contributed by atoms with E-state index in [4.69, 9.17) is 8.94 Å². The molecule has 9 heteroatoms. The third kappa shape index (κ3) is 2.83. The first-order chi connectivity index (χ1) is 11.6. The maximum absolute atomic E-state index is 12.8. The van der Waals surface area contributed by atoms with E-state index in [0.29, 0.717) is 17.3 Å². The molecule has 8 nitrogen and oxygen atoms in total. The first kappa shape index (κ1) is 15.0. The highest BCUT2D eigenvalue weighted by Crippen LogP contribution is 2.33. The van der Waals surface area contributed by atoms with Crippen LogP contribution in [0.5, 0.6) is 0 Å². The predicted octanol–water partition coefficient (Wildman–Crippen LogP) is 2.08. The molecule has 0 saturated heterocycles. The molecule has 1 aliphatic rings.